The first-order valence-electron chi connectivity index (χ1n) is 8.43. The van der Waals surface area contributed by atoms with Crippen molar-refractivity contribution in [2.45, 2.75) is 13.8 Å². The Kier molecular flexibility index (Phi) is 5.58. The van der Waals surface area contributed by atoms with Gasteiger partial charge in [-0.05, 0) is 49.2 Å². The highest BCUT2D eigenvalue weighted by molar-refractivity contribution is 7.11. The Morgan fingerprint density at radius 2 is 1.89 bits per heavy atom. The van der Waals surface area contributed by atoms with Gasteiger partial charge in [-0.15, -0.1) is 11.3 Å². The highest BCUT2D eigenvalue weighted by Crippen LogP contribution is 2.31. The fraction of sp³-hybridized carbons (Fsp3) is 0.182. The Morgan fingerprint density at radius 3 is 2.56 bits per heavy atom. The second kappa shape index (κ2) is 8.07. The van der Waals surface area contributed by atoms with Crippen LogP contribution < -0.4 is 9.47 Å². The van der Waals surface area contributed by atoms with Gasteiger partial charge in [-0.1, -0.05) is 12.1 Å². The van der Waals surface area contributed by atoms with Crippen LogP contribution in [-0.4, -0.2) is 19.2 Å². The van der Waals surface area contributed by atoms with Crippen molar-refractivity contribution in [1.82, 2.24) is 4.98 Å². The van der Waals surface area contributed by atoms with E-state index in [4.69, 9.17) is 9.47 Å². The summed E-state index contributed by atoms with van der Waals surface area (Å²) in [5.41, 5.74) is 5.71. The summed E-state index contributed by atoms with van der Waals surface area (Å²) in [5, 5.41) is 12.3. The number of aryl methyl sites for hydroxylation is 2. The number of thiazole rings is 1. The molecule has 3 rings (SSSR count). The molecule has 0 saturated carbocycles. The fourth-order valence-corrected chi connectivity index (χ4v) is 3.46. The van der Waals surface area contributed by atoms with Gasteiger partial charge < -0.3 is 9.47 Å². The van der Waals surface area contributed by atoms with Crippen LogP contribution in [0.3, 0.4) is 0 Å². The zero-order chi connectivity index (χ0) is 19.4. The van der Waals surface area contributed by atoms with Gasteiger partial charge in [0.1, 0.15) is 22.6 Å². The summed E-state index contributed by atoms with van der Waals surface area (Å²) in [6.07, 6.45) is 1.79. The molecule has 0 aliphatic heterocycles. The number of benzene rings is 2. The third-order valence-electron chi connectivity index (χ3n) is 4.40. The van der Waals surface area contributed by atoms with E-state index in [9.17, 15) is 5.26 Å². The van der Waals surface area contributed by atoms with Gasteiger partial charge in [-0.3, -0.25) is 0 Å². The van der Waals surface area contributed by atoms with Crippen molar-refractivity contribution in [2.75, 3.05) is 14.2 Å². The third-order valence-corrected chi connectivity index (χ3v) is 5.27. The van der Waals surface area contributed by atoms with Gasteiger partial charge in [0.05, 0.1) is 25.5 Å². The lowest BCUT2D eigenvalue weighted by Crippen LogP contribution is -1.90. The zero-order valence-electron chi connectivity index (χ0n) is 15.7. The molecule has 1 heterocycles. The van der Waals surface area contributed by atoms with Gasteiger partial charge in [0, 0.05) is 22.6 Å². The van der Waals surface area contributed by atoms with Crippen molar-refractivity contribution in [3.05, 3.63) is 63.5 Å². The molecule has 0 spiro atoms. The van der Waals surface area contributed by atoms with Gasteiger partial charge in [-0.2, -0.15) is 5.26 Å². The number of aromatic nitrogens is 1. The maximum Gasteiger partial charge on any atom is 0.134 e. The predicted octanol–water partition coefficient (Wildman–Crippen LogP) is 5.51. The van der Waals surface area contributed by atoms with Gasteiger partial charge in [-0.25, -0.2) is 4.98 Å². The molecule has 0 saturated heterocycles. The van der Waals surface area contributed by atoms with Crippen molar-refractivity contribution in [3.63, 3.8) is 0 Å². The maximum absolute atomic E-state index is 9.65. The van der Waals surface area contributed by atoms with Crippen molar-refractivity contribution >= 4 is 23.0 Å². The highest BCUT2D eigenvalue weighted by Gasteiger charge is 2.11. The standard InChI is InChI=1S/C22H20N2O2S/c1-14-5-6-16(9-15(14)2)20-13-27-22(24-20)18(12-23)10-17-7-8-19(25-3)11-21(17)26-4/h5-11,13H,1-4H3/b18-10+. The summed E-state index contributed by atoms with van der Waals surface area (Å²) in [5.74, 6) is 1.35. The molecule has 0 aliphatic rings. The van der Waals surface area contributed by atoms with Gasteiger partial charge >= 0.3 is 0 Å². The van der Waals surface area contributed by atoms with Crippen LogP contribution in [0, 0.1) is 25.2 Å². The minimum atomic E-state index is 0.499. The summed E-state index contributed by atoms with van der Waals surface area (Å²) in [6.45, 7) is 4.17. The van der Waals surface area contributed by atoms with E-state index >= 15 is 0 Å². The Morgan fingerprint density at radius 1 is 1.07 bits per heavy atom. The average Bonchev–Trinajstić information content (AvgIpc) is 3.18. The van der Waals surface area contributed by atoms with Crippen LogP contribution in [-0.2, 0) is 0 Å². The summed E-state index contributed by atoms with van der Waals surface area (Å²) in [6, 6.07) is 14.0. The monoisotopic (exact) mass is 376 g/mol. The largest absolute Gasteiger partial charge is 0.497 e. The Balaban J connectivity index is 1.97. The minimum absolute atomic E-state index is 0.499. The molecule has 2 aromatic carbocycles. The molecule has 0 bridgehead atoms. The van der Waals surface area contributed by atoms with E-state index in [1.165, 1.54) is 22.5 Å². The van der Waals surface area contributed by atoms with Crippen molar-refractivity contribution in [2.24, 2.45) is 0 Å². The van der Waals surface area contributed by atoms with Crippen LogP contribution in [0.1, 0.15) is 21.7 Å². The molecule has 1 aromatic heterocycles. The van der Waals surface area contributed by atoms with E-state index in [-0.39, 0.29) is 0 Å². The van der Waals surface area contributed by atoms with Crippen LogP contribution in [0.5, 0.6) is 11.5 Å². The Labute approximate surface area is 163 Å². The van der Waals surface area contributed by atoms with E-state index in [2.05, 4.69) is 43.1 Å². The fourth-order valence-electron chi connectivity index (χ4n) is 2.67. The van der Waals surface area contributed by atoms with Gasteiger partial charge in [0.25, 0.3) is 0 Å². The van der Waals surface area contributed by atoms with Gasteiger partial charge in [0.15, 0.2) is 0 Å². The zero-order valence-corrected chi connectivity index (χ0v) is 16.6. The molecule has 3 aromatic rings. The lowest BCUT2D eigenvalue weighted by atomic mass is 10.1. The lowest BCUT2D eigenvalue weighted by molar-refractivity contribution is 0.394. The first kappa shape index (κ1) is 18.7. The lowest BCUT2D eigenvalue weighted by Gasteiger charge is -2.07. The predicted molar refractivity (Wildman–Crippen MR) is 110 cm³/mol. The Bertz CT molecular complexity index is 1040. The number of methoxy groups -OCH3 is 2. The minimum Gasteiger partial charge on any atom is -0.497 e. The topological polar surface area (TPSA) is 55.1 Å². The van der Waals surface area contributed by atoms with Crippen molar-refractivity contribution < 1.29 is 9.47 Å². The van der Waals surface area contributed by atoms with Crippen molar-refractivity contribution in [3.8, 4) is 28.8 Å². The highest BCUT2D eigenvalue weighted by atomic mass is 32.1. The molecular weight excluding hydrogens is 356 g/mol. The van der Waals surface area contributed by atoms with Crippen LogP contribution >= 0.6 is 11.3 Å². The summed E-state index contributed by atoms with van der Waals surface area (Å²) >= 11 is 1.46. The molecule has 0 fully saturated rings. The van der Waals surface area contributed by atoms with E-state index < -0.39 is 0 Å². The number of nitriles is 1. The molecular formula is C22H20N2O2S. The molecule has 0 aliphatic carbocycles. The van der Waals surface area contributed by atoms with Crippen LogP contribution in [0.4, 0.5) is 0 Å². The average molecular weight is 376 g/mol. The van der Waals surface area contributed by atoms with Crippen LogP contribution in [0.25, 0.3) is 22.9 Å². The molecule has 0 unspecified atom stereocenters. The number of hydrogen-bond acceptors (Lipinski definition) is 5. The molecule has 5 heteroatoms. The molecule has 27 heavy (non-hydrogen) atoms. The maximum atomic E-state index is 9.65. The van der Waals surface area contributed by atoms with E-state index in [0.717, 1.165) is 16.8 Å². The first-order valence-corrected chi connectivity index (χ1v) is 9.31. The second-order valence-electron chi connectivity index (χ2n) is 6.11. The van der Waals surface area contributed by atoms with Crippen LogP contribution in [0.2, 0.25) is 0 Å². The van der Waals surface area contributed by atoms with Crippen molar-refractivity contribution in [1.29, 1.82) is 5.26 Å². The number of allylic oxidation sites excluding steroid dienone is 1. The van der Waals surface area contributed by atoms with E-state index in [1.807, 2.05) is 17.5 Å². The molecule has 0 radical (unpaired) electrons. The number of hydrogen-bond donors (Lipinski definition) is 0. The van der Waals surface area contributed by atoms with Crippen LogP contribution in [0.15, 0.2) is 41.8 Å². The number of rotatable bonds is 5. The molecule has 0 amide bonds. The molecule has 4 nitrogen and oxygen atoms in total. The number of ether oxygens (including phenoxy) is 2. The SMILES string of the molecule is COc1ccc(/C=C(\C#N)c2nc(-c3ccc(C)c(C)c3)cs2)c(OC)c1. The normalized spacial score (nSPS) is 11.1. The van der Waals surface area contributed by atoms with Gasteiger partial charge in [0.2, 0.25) is 0 Å². The summed E-state index contributed by atoms with van der Waals surface area (Å²) in [7, 11) is 3.20. The van der Waals surface area contributed by atoms with E-state index in [0.29, 0.717) is 22.1 Å². The smallest absolute Gasteiger partial charge is 0.134 e. The van der Waals surface area contributed by atoms with E-state index in [1.54, 1.807) is 26.4 Å². The molecule has 0 N–H and O–H groups in total. The summed E-state index contributed by atoms with van der Waals surface area (Å²) in [4.78, 5) is 4.67. The number of nitrogens with zero attached hydrogens (tertiary/aromatic N) is 2. The molecule has 0 atom stereocenters. The third kappa shape index (κ3) is 4.02. The second-order valence-corrected chi connectivity index (χ2v) is 6.97. The Hall–Kier alpha value is -3.10. The summed E-state index contributed by atoms with van der Waals surface area (Å²) < 4.78 is 10.6. The first-order chi connectivity index (χ1) is 13.0. The molecule has 136 valence electrons. The quantitative estimate of drug-likeness (QED) is 0.551.